The second kappa shape index (κ2) is 4.82. The van der Waals surface area contributed by atoms with Crippen molar-refractivity contribution in [2.75, 3.05) is 7.05 Å². The third-order valence-electron chi connectivity index (χ3n) is 2.29. The molecule has 0 aliphatic heterocycles. The van der Waals surface area contributed by atoms with Crippen LogP contribution in [-0.4, -0.2) is 22.1 Å². The fourth-order valence-corrected chi connectivity index (χ4v) is 1.34. The molecule has 0 bridgehead atoms. The van der Waals surface area contributed by atoms with E-state index in [-0.39, 0.29) is 17.6 Å². The van der Waals surface area contributed by atoms with Gasteiger partial charge in [-0.1, -0.05) is 0 Å². The van der Waals surface area contributed by atoms with Crippen LogP contribution in [-0.2, 0) is 11.3 Å². The highest BCUT2D eigenvalue weighted by molar-refractivity contribution is 5.75. The van der Waals surface area contributed by atoms with Gasteiger partial charge < -0.3 is 5.32 Å². The third kappa shape index (κ3) is 2.71. The van der Waals surface area contributed by atoms with Gasteiger partial charge in [0.25, 0.3) is 0 Å². The molecule has 0 radical (unpaired) electrons. The predicted molar refractivity (Wildman–Crippen MR) is 57.8 cm³/mol. The lowest BCUT2D eigenvalue weighted by Gasteiger charge is -2.04. The maximum atomic E-state index is 11.7. The number of carbonyl (C=O) groups is 1. The summed E-state index contributed by atoms with van der Waals surface area (Å²) in [6.45, 7) is 4.33. The summed E-state index contributed by atoms with van der Waals surface area (Å²) >= 11 is 0. The number of carbonyl (C=O) groups excluding carboxylic acids is 1. The molecule has 1 heterocycles. The molecule has 0 aliphatic rings. The van der Waals surface area contributed by atoms with Crippen LogP contribution in [0, 0.1) is 0 Å². The Balaban J connectivity index is 2.71. The van der Waals surface area contributed by atoms with Gasteiger partial charge in [0.05, 0.1) is 0 Å². The first-order valence-corrected chi connectivity index (χ1v) is 5.04. The highest BCUT2D eigenvalue weighted by Crippen LogP contribution is 1.99. The minimum absolute atomic E-state index is 0.0563. The van der Waals surface area contributed by atoms with Crippen molar-refractivity contribution in [3.8, 4) is 0 Å². The van der Waals surface area contributed by atoms with E-state index in [0.29, 0.717) is 13.0 Å². The van der Waals surface area contributed by atoms with Gasteiger partial charge in [-0.15, -0.1) is 0 Å². The van der Waals surface area contributed by atoms with Gasteiger partial charge in [0.15, 0.2) is 0 Å². The van der Waals surface area contributed by atoms with Crippen molar-refractivity contribution in [1.29, 1.82) is 0 Å². The highest BCUT2D eigenvalue weighted by atomic mass is 16.2. The lowest BCUT2D eigenvalue weighted by molar-refractivity contribution is -0.120. The van der Waals surface area contributed by atoms with Crippen molar-refractivity contribution >= 4 is 5.91 Å². The van der Waals surface area contributed by atoms with E-state index in [1.54, 1.807) is 28.6 Å². The van der Waals surface area contributed by atoms with E-state index in [2.05, 4.69) is 5.32 Å². The molecule has 0 spiro atoms. The van der Waals surface area contributed by atoms with E-state index in [0.717, 1.165) is 0 Å². The number of imidazole rings is 1. The van der Waals surface area contributed by atoms with E-state index in [1.165, 1.54) is 0 Å². The van der Waals surface area contributed by atoms with Crippen molar-refractivity contribution in [2.45, 2.75) is 32.9 Å². The van der Waals surface area contributed by atoms with Gasteiger partial charge in [-0.3, -0.25) is 13.9 Å². The number of hydrogen-bond donors (Lipinski definition) is 1. The molecule has 5 nitrogen and oxygen atoms in total. The van der Waals surface area contributed by atoms with Gasteiger partial charge in [0, 0.05) is 38.4 Å². The van der Waals surface area contributed by atoms with Crippen LogP contribution in [0.1, 0.15) is 26.3 Å². The molecule has 0 aliphatic carbocycles. The summed E-state index contributed by atoms with van der Waals surface area (Å²) in [5.74, 6) is -0.0563. The maximum absolute atomic E-state index is 11.7. The summed E-state index contributed by atoms with van der Waals surface area (Å²) in [6, 6.07) is 0.152. The minimum atomic E-state index is -0.0612. The Hall–Kier alpha value is -1.52. The van der Waals surface area contributed by atoms with Crippen LogP contribution < -0.4 is 11.0 Å². The quantitative estimate of drug-likeness (QED) is 0.782. The molecule has 1 aromatic heterocycles. The van der Waals surface area contributed by atoms with E-state index >= 15 is 0 Å². The number of aromatic nitrogens is 2. The minimum Gasteiger partial charge on any atom is -0.359 e. The van der Waals surface area contributed by atoms with Crippen molar-refractivity contribution in [3.63, 3.8) is 0 Å². The van der Waals surface area contributed by atoms with Crippen LogP contribution in [0.3, 0.4) is 0 Å². The Morgan fingerprint density at radius 2 is 2.13 bits per heavy atom. The Bertz CT molecular complexity index is 390. The zero-order valence-electron chi connectivity index (χ0n) is 9.36. The molecule has 1 amide bonds. The average Bonchev–Trinajstić information content (AvgIpc) is 2.56. The molecule has 1 rings (SSSR count). The Labute approximate surface area is 88.7 Å². The zero-order chi connectivity index (χ0) is 11.4. The molecule has 1 N–H and O–H groups in total. The molecule has 1 aromatic rings. The number of amides is 1. The van der Waals surface area contributed by atoms with E-state index in [9.17, 15) is 9.59 Å². The number of hydrogen-bond acceptors (Lipinski definition) is 2. The first kappa shape index (κ1) is 11.6. The molecule has 0 aromatic carbocycles. The fraction of sp³-hybridized carbons (Fsp3) is 0.600. The molecule has 0 atom stereocenters. The van der Waals surface area contributed by atoms with Crippen LogP contribution in [0.15, 0.2) is 17.2 Å². The summed E-state index contributed by atoms with van der Waals surface area (Å²) in [5.41, 5.74) is -0.0612. The number of rotatable bonds is 4. The zero-order valence-corrected chi connectivity index (χ0v) is 9.36. The second-order valence-corrected chi connectivity index (χ2v) is 3.70. The standard InChI is InChI=1S/C10H17N3O2/c1-8(2)13-7-6-12(10(13)15)5-4-9(14)11-3/h6-8H,4-5H2,1-3H3,(H,11,14). The van der Waals surface area contributed by atoms with Crippen molar-refractivity contribution in [3.05, 3.63) is 22.9 Å². The molecule has 0 unspecified atom stereocenters. The molecular weight excluding hydrogens is 194 g/mol. The maximum Gasteiger partial charge on any atom is 0.328 e. The van der Waals surface area contributed by atoms with Gasteiger partial charge in [-0.25, -0.2) is 4.79 Å². The second-order valence-electron chi connectivity index (χ2n) is 3.70. The smallest absolute Gasteiger partial charge is 0.328 e. The first-order valence-electron chi connectivity index (χ1n) is 5.04. The van der Waals surface area contributed by atoms with Crippen LogP contribution in [0.2, 0.25) is 0 Å². The summed E-state index contributed by atoms with van der Waals surface area (Å²) in [6.07, 6.45) is 3.79. The summed E-state index contributed by atoms with van der Waals surface area (Å²) < 4.78 is 3.19. The van der Waals surface area contributed by atoms with Gasteiger partial charge in [0.1, 0.15) is 0 Å². The normalized spacial score (nSPS) is 10.7. The molecule has 0 saturated heterocycles. The van der Waals surface area contributed by atoms with Crippen LogP contribution in [0.4, 0.5) is 0 Å². The summed E-state index contributed by atoms with van der Waals surface area (Å²) in [5, 5.41) is 2.52. The first-order chi connectivity index (χ1) is 7.06. The van der Waals surface area contributed by atoms with Crippen molar-refractivity contribution in [1.82, 2.24) is 14.5 Å². The monoisotopic (exact) mass is 211 g/mol. The molecule has 84 valence electrons. The van der Waals surface area contributed by atoms with Gasteiger partial charge in [0.2, 0.25) is 5.91 Å². The topological polar surface area (TPSA) is 56.0 Å². The summed E-state index contributed by atoms with van der Waals surface area (Å²) in [7, 11) is 1.59. The van der Waals surface area contributed by atoms with E-state index in [4.69, 9.17) is 0 Å². The van der Waals surface area contributed by atoms with Crippen molar-refractivity contribution < 1.29 is 4.79 Å². The molecular formula is C10H17N3O2. The lowest BCUT2D eigenvalue weighted by atomic mass is 10.4. The van der Waals surface area contributed by atoms with Crippen LogP contribution in [0.25, 0.3) is 0 Å². The molecule has 5 heteroatoms. The SMILES string of the molecule is CNC(=O)CCn1ccn(C(C)C)c1=O. The summed E-state index contributed by atoms with van der Waals surface area (Å²) in [4.78, 5) is 22.7. The number of nitrogens with zero attached hydrogens (tertiary/aromatic N) is 2. The fourth-order valence-electron chi connectivity index (χ4n) is 1.34. The third-order valence-corrected chi connectivity index (χ3v) is 2.29. The van der Waals surface area contributed by atoms with Gasteiger partial charge in [-0.05, 0) is 13.8 Å². The van der Waals surface area contributed by atoms with E-state index < -0.39 is 0 Å². The Kier molecular flexibility index (Phi) is 3.71. The Morgan fingerprint density at radius 1 is 1.47 bits per heavy atom. The molecule has 0 fully saturated rings. The molecule has 0 saturated carbocycles. The number of aryl methyl sites for hydroxylation is 1. The van der Waals surface area contributed by atoms with Crippen LogP contribution >= 0.6 is 0 Å². The van der Waals surface area contributed by atoms with Crippen LogP contribution in [0.5, 0.6) is 0 Å². The predicted octanol–water partition coefficient (Wildman–Crippen LogP) is 0.367. The number of nitrogens with one attached hydrogen (secondary N) is 1. The molecule has 15 heavy (non-hydrogen) atoms. The van der Waals surface area contributed by atoms with Gasteiger partial charge >= 0.3 is 5.69 Å². The average molecular weight is 211 g/mol. The highest BCUT2D eigenvalue weighted by Gasteiger charge is 2.06. The van der Waals surface area contributed by atoms with Crippen molar-refractivity contribution in [2.24, 2.45) is 0 Å². The Morgan fingerprint density at radius 3 is 2.60 bits per heavy atom. The van der Waals surface area contributed by atoms with E-state index in [1.807, 2.05) is 13.8 Å². The van der Waals surface area contributed by atoms with Gasteiger partial charge in [-0.2, -0.15) is 0 Å². The largest absolute Gasteiger partial charge is 0.359 e. The lowest BCUT2D eigenvalue weighted by Crippen LogP contribution is -2.27.